The van der Waals surface area contributed by atoms with Crippen LogP contribution in [0.15, 0.2) is 209 Å². The van der Waals surface area contributed by atoms with Gasteiger partial charge in [0.1, 0.15) is 22.3 Å². The minimum absolute atomic E-state index is 0.862. The Bertz CT molecular complexity index is 3850. The van der Waals surface area contributed by atoms with Crippen LogP contribution in [0.25, 0.3) is 108 Å². The number of nitrogens with zero attached hydrogens (tertiary/aromatic N) is 1. The first-order valence-corrected chi connectivity index (χ1v) is 21.1. The van der Waals surface area contributed by atoms with Gasteiger partial charge in [-0.2, -0.15) is 0 Å². The number of para-hydroxylation sites is 3. The number of anilines is 3. The summed E-state index contributed by atoms with van der Waals surface area (Å²) in [5.41, 5.74) is 11.4. The Morgan fingerprint density at radius 1 is 0.333 bits per heavy atom. The number of thiophene rings is 1. The Balaban J connectivity index is 0.930. The van der Waals surface area contributed by atoms with E-state index < -0.39 is 0 Å². The van der Waals surface area contributed by atoms with Crippen molar-refractivity contribution in [1.82, 2.24) is 0 Å². The van der Waals surface area contributed by atoms with Crippen LogP contribution in [-0.4, -0.2) is 0 Å². The molecule has 0 saturated heterocycles. The van der Waals surface area contributed by atoms with E-state index in [0.717, 1.165) is 72.1 Å². The Morgan fingerprint density at radius 3 is 1.72 bits per heavy atom. The third kappa shape index (κ3) is 5.08. The van der Waals surface area contributed by atoms with Gasteiger partial charge in [0.15, 0.2) is 0 Å². The molecule has 0 unspecified atom stereocenters. The first-order valence-electron chi connectivity index (χ1n) is 20.3. The Morgan fingerprint density at radius 2 is 0.900 bits per heavy atom. The lowest BCUT2D eigenvalue weighted by molar-refractivity contribution is 0.669. The highest BCUT2D eigenvalue weighted by atomic mass is 32.1. The number of hydrogen-bond acceptors (Lipinski definition) is 4. The molecular formula is C56H33NO2S. The zero-order valence-corrected chi connectivity index (χ0v) is 33.0. The highest BCUT2D eigenvalue weighted by Gasteiger charge is 2.19. The molecule has 3 heterocycles. The summed E-state index contributed by atoms with van der Waals surface area (Å²) in [6.45, 7) is 0. The van der Waals surface area contributed by atoms with E-state index in [-0.39, 0.29) is 0 Å². The van der Waals surface area contributed by atoms with Crippen LogP contribution in [0.3, 0.4) is 0 Å². The predicted molar refractivity (Wildman–Crippen MR) is 254 cm³/mol. The van der Waals surface area contributed by atoms with Crippen LogP contribution in [0, 0.1) is 0 Å². The normalized spacial score (nSPS) is 12.0. The third-order valence-electron chi connectivity index (χ3n) is 12.3. The SMILES string of the molecule is c1ccc2c(c1)oc1cc(N(c3ccc(-c4cccc5c4oc4ccccc45)cc3)c3ccc4c(ccc5cc(-c6cccc7c6sc6ccccc67)ccc54)c3)ccc12. The van der Waals surface area contributed by atoms with Crippen molar-refractivity contribution in [2.45, 2.75) is 0 Å². The summed E-state index contributed by atoms with van der Waals surface area (Å²) >= 11 is 1.88. The van der Waals surface area contributed by atoms with E-state index in [9.17, 15) is 0 Å². The average Bonchev–Trinajstić information content (AvgIpc) is 4.00. The molecule has 0 N–H and O–H groups in total. The second-order valence-corrected chi connectivity index (χ2v) is 16.7. The molecule has 0 atom stereocenters. The maximum absolute atomic E-state index is 6.43. The lowest BCUT2D eigenvalue weighted by Crippen LogP contribution is -2.09. The monoisotopic (exact) mass is 783 g/mol. The topological polar surface area (TPSA) is 29.5 Å². The molecule has 0 aliphatic carbocycles. The molecule has 0 radical (unpaired) electrons. The lowest BCUT2D eigenvalue weighted by Gasteiger charge is -2.26. The molecule has 280 valence electrons. The fourth-order valence-electron chi connectivity index (χ4n) is 9.41. The van der Waals surface area contributed by atoms with Crippen LogP contribution in [0.4, 0.5) is 17.1 Å². The number of hydrogen-bond donors (Lipinski definition) is 0. The fourth-order valence-corrected chi connectivity index (χ4v) is 10.6. The Kier molecular flexibility index (Phi) is 7.18. The van der Waals surface area contributed by atoms with Crippen molar-refractivity contribution >= 4 is 114 Å². The van der Waals surface area contributed by atoms with E-state index in [1.54, 1.807) is 0 Å². The summed E-state index contributed by atoms with van der Waals surface area (Å²) in [5.74, 6) is 0. The first-order chi connectivity index (χ1) is 29.7. The zero-order valence-electron chi connectivity index (χ0n) is 32.2. The minimum Gasteiger partial charge on any atom is -0.456 e. The van der Waals surface area contributed by atoms with E-state index in [4.69, 9.17) is 8.83 Å². The van der Waals surface area contributed by atoms with Crippen molar-refractivity contribution in [3.05, 3.63) is 200 Å². The maximum Gasteiger partial charge on any atom is 0.143 e. The standard InChI is InChI=1S/C56H33NO2S/c1-4-16-51-45(9-1)47-30-27-40(33-53(47)58-51)57(38-24-21-34(22-25-38)43-12-7-14-49-46-10-2-5-17-52(46)59-55(43)49)39-26-29-42-37(32-39)20-19-35-31-36(23-28-41(35)42)44-13-8-15-50-48-11-3-6-18-54(48)60-56(44)50/h1-33H. The van der Waals surface area contributed by atoms with Gasteiger partial charge in [0.05, 0.1) is 0 Å². The Hall–Kier alpha value is -7.66. The maximum atomic E-state index is 6.43. The molecule has 13 rings (SSSR count). The van der Waals surface area contributed by atoms with E-state index in [2.05, 4.69) is 181 Å². The smallest absolute Gasteiger partial charge is 0.143 e. The highest BCUT2D eigenvalue weighted by molar-refractivity contribution is 7.26. The average molecular weight is 784 g/mol. The van der Waals surface area contributed by atoms with Crippen LogP contribution in [0.5, 0.6) is 0 Å². The van der Waals surface area contributed by atoms with Gasteiger partial charge in [0.2, 0.25) is 0 Å². The number of rotatable bonds is 5. The van der Waals surface area contributed by atoms with Gasteiger partial charge in [0, 0.05) is 70.4 Å². The van der Waals surface area contributed by atoms with Crippen molar-refractivity contribution in [1.29, 1.82) is 0 Å². The second-order valence-electron chi connectivity index (χ2n) is 15.6. The van der Waals surface area contributed by atoms with E-state index in [1.807, 2.05) is 35.6 Å². The lowest BCUT2D eigenvalue weighted by atomic mass is 9.96. The largest absolute Gasteiger partial charge is 0.456 e. The predicted octanol–water partition coefficient (Wildman–Crippen LogP) is 17.0. The summed E-state index contributed by atoms with van der Waals surface area (Å²) < 4.78 is 15.5. The van der Waals surface area contributed by atoms with Gasteiger partial charge in [0.25, 0.3) is 0 Å². The van der Waals surface area contributed by atoms with Crippen LogP contribution >= 0.6 is 11.3 Å². The van der Waals surface area contributed by atoms with Gasteiger partial charge < -0.3 is 13.7 Å². The van der Waals surface area contributed by atoms with Gasteiger partial charge in [-0.3, -0.25) is 0 Å². The molecule has 3 aromatic heterocycles. The Labute approximate surface area is 348 Å². The summed E-state index contributed by atoms with van der Waals surface area (Å²) in [6.07, 6.45) is 0. The van der Waals surface area contributed by atoms with Gasteiger partial charge >= 0.3 is 0 Å². The van der Waals surface area contributed by atoms with E-state index >= 15 is 0 Å². The third-order valence-corrected chi connectivity index (χ3v) is 13.5. The summed E-state index contributed by atoms with van der Waals surface area (Å²) in [7, 11) is 0. The summed E-state index contributed by atoms with van der Waals surface area (Å²) in [4.78, 5) is 2.33. The molecule has 4 heteroatoms. The zero-order chi connectivity index (χ0) is 39.3. The van der Waals surface area contributed by atoms with Crippen molar-refractivity contribution in [2.24, 2.45) is 0 Å². The van der Waals surface area contributed by atoms with E-state index in [0.29, 0.717) is 0 Å². The minimum atomic E-state index is 0.862. The van der Waals surface area contributed by atoms with Crippen molar-refractivity contribution in [3.8, 4) is 22.3 Å². The van der Waals surface area contributed by atoms with Gasteiger partial charge in [-0.05, 0) is 98.9 Å². The molecule has 0 fully saturated rings. The molecule has 60 heavy (non-hydrogen) atoms. The molecule has 0 saturated carbocycles. The second kappa shape index (κ2) is 12.9. The molecule has 10 aromatic carbocycles. The molecule has 3 nitrogen and oxygen atoms in total. The molecule has 0 aliphatic heterocycles. The fraction of sp³-hybridized carbons (Fsp3) is 0. The van der Waals surface area contributed by atoms with Crippen LogP contribution in [0.1, 0.15) is 0 Å². The number of fused-ring (bicyclic) bond motifs is 12. The molecule has 0 aliphatic rings. The van der Waals surface area contributed by atoms with Crippen molar-refractivity contribution < 1.29 is 8.83 Å². The van der Waals surface area contributed by atoms with Gasteiger partial charge in [-0.1, -0.05) is 133 Å². The van der Waals surface area contributed by atoms with Gasteiger partial charge in [-0.15, -0.1) is 11.3 Å². The summed E-state index contributed by atoms with van der Waals surface area (Å²) in [5, 5.41) is 12.0. The van der Waals surface area contributed by atoms with Crippen LogP contribution in [-0.2, 0) is 0 Å². The number of benzene rings is 10. The van der Waals surface area contributed by atoms with Crippen molar-refractivity contribution in [2.75, 3.05) is 4.90 Å². The first kappa shape index (κ1) is 33.3. The molecule has 13 aromatic rings. The molecule has 0 spiro atoms. The number of furan rings is 2. The highest BCUT2D eigenvalue weighted by Crippen LogP contribution is 2.44. The molecular weight excluding hydrogens is 751 g/mol. The van der Waals surface area contributed by atoms with Gasteiger partial charge in [-0.25, -0.2) is 0 Å². The molecule has 0 amide bonds. The van der Waals surface area contributed by atoms with Crippen molar-refractivity contribution in [3.63, 3.8) is 0 Å². The van der Waals surface area contributed by atoms with Crippen LogP contribution in [0.2, 0.25) is 0 Å². The molecule has 0 bridgehead atoms. The van der Waals surface area contributed by atoms with Crippen LogP contribution < -0.4 is 4.90 Å². The quantitative estimate of drug-likeness (QED) is 0.163. The summed E-state index contributed by atoms with van der Waals surface area (Å²) in [6, 6.07) is 72.0. The van der Waals surface area contributed by atoms with E-state index in [1.165, 1.54) is 52.8 Å².